The number of rotatable bonds is 3. The van der Waals surface area contributed by atoms with Crippen LogP contribution in [0.1, 0.15) is 37.0 Å². The number of phenols is 1. The molecule has 1 saturated heterocycles. The van der Waals surface area contributed by atoms with Crippen LogP contribution in [0.25, 0.3) is 22.1 Å². The van der Waals surface area contributed by atoms with E-state index in [1.54, 1.807) is 6.07 Å². The average molecular weight is 453 g/mol. The minimum absolute atomic E-state index is 0.00931. The lowest BCUT2D eigenvalue weighted by Crippen LogP contribution is -3.10. The molecular weight excluding hydrogens is 431 g/mol. The summed E-state index contributed by atoms with van der Waals surface area (Å²) in [6.07, 6.45) is -0.677. The number of halogens is 4. The molecule has 2 aromatic carbocycles. The van der Waals surface area contributed by atoms with E-state index >= 15 is 0 Å². The van der Waals surface area contributed by atoms with Gasteiger partial charge in [0.2, 0.25) is 11.2 Å². The number of quaternary nitrogens is 1. The van der Waals surface area contributed by atoms with Crippen molar-refractivity contribution in [1.29, 1.82) is 0 Å². The quantitative estimate of drug-likeness (QED) is 0.600. The maximum atomic E-state index is 14.0. The first-order valence-electron chi connectivity index (χ1n) is 10.2. The molecular formula is C23H22ClF3NO3+. The zero-order valence-corrected chi connectivity index (χ0v) is 17.4. The zero-order chi connectivity index (χ0) is 22.2. The number of alkyl halides is 3. The molecule has 3 aromatic rings. The van der Waals surface area contributed by atoms with Crippen LogP contribution in [0.15, 0.2) is 45.6 Å². The second-order valence-corrected chi connectivity index (χ2v) is 8.30. The Labute approximate surface area is 181 Å². The molecule has 4 nitrogen and oxygen atoms in total. The first kappa shape index (κ1) is 21.7. The maximum absolute atomic E-state index is 14.0. The van der Waals surface area contributed by atoms with Crippen LogP contribution >= 0.6 is 11.6 Å². The van der Waals surface area contributed by atoms with E-state index in [1.807, 2.05) is 0 Å². The minimum Gasteiger partial charge on any atom is -0.507 e. The van der Waals surface area contributed by atoms with Crippen LogP contribution in [0.4, 0.5) is 13.2 Å². The first-order chi connectivity index (χ1) is 14.8. The molecule has 0 bridgehead atoms. The predicted molar refractivity (Wildman–Crippen MR) is 112 cm³/mol. The molecule has 2 heterocycles. The summed E-state index contributed by atoms with van der Waals surface area (Å²) < 4.78 is 47.3. The third-order valence-corrected chi connectivity index (χ3v) is 6.11. The lowest BCUT2D eigenvalue weighted by atomic mass is 10.00. The summed E-state index contributed by atoms with van der Waals surface area (Å²) >= 11 is 6.11. The highest BCUT2D eigenvalue weighted by atomic mass is 35.5. The van der Waals surface area contributed by atoms with Gasteiger partial charge < -0.3 is 14.4 Å². The van der Waals surface area contributed by atoms with Gasteiger partial charge in [0.15, 0.2) is 5.58 Å². The number of fused-ring (bicyclic) bond motifs is 1. The lowest BCUT2D eigenvalue weighted by Gasteiger charge is -2.19. The molecule has 31 heavy (non-hydrogen) atoms. The number of phenolic OH excluding ortho intramolecular Hbond substituents is 1. The number of hydrogen-bond donors (Lipinski definition) is 2. The van der Waals surface area contributed by atoms with Crippen LogP contribution in [-0.2, 0) is 12.7 Å². The van der Waals surface area contributed by atoms with Crippen molar-refractivity contribution >= 4 is 22.6 Å². The molecule has 1 aromatic heterocycles. The van der Waals surface area contributed by atoms with Gasteiger partial charge in [0.1, 0.15) is 12.3 Å². The predicted octanol–water partition coefficient (Wildman–Crippen LogP) is 4.80. The van der Waals surface area contributed by atoms with E-state index in [1.165, 1.54) is 30.3 Å². The molecule has 0 spiro atoms. The van der Waals surface area contributed by atoms with Gasteiger partial charge in [-0.3, -0.25) is 4.79 Å². The highest BCUT2D eigenvalue weighted by Gasteiger charge is 2.40. The van der Waals surface area contributed by atoms with Crippen molar-refractivity contribution in [3.05, 3.63) is 63.0 Å². The Morgan fingerprint density at radius 3 is 2.35 bits per heavy atom. The van der Waals surface area contributed by atoms with E-state index in [0.717, 1.165) is 43.7 Å². The van der Waals surface area contributed by atoms with Crippen molar-refractivity contribution in [3.63, 3.8) is 0 Å². The van der Waals surface area contributed by atoms with E-state index in [2.05, 4.69) is 0 Å². The van der Waals surface area contributed by atoms with Crippen LogP contribution in [0.5, 0.6) is 5.75 Å². The van der Waals surface area contributed by atoms with Crippen molar-refractivity contribution < 1.29 is 27.6 Å². The molecule has 164 valence electrons. The Bertz CT molecular complexity index is 1170. The van der Waals surface area contributed by atoms with Gasteiger partial charge in [0, 0.05) is 10.6 Å². The third-order valence-electron chi connectivity index (χ3n) is 5.78. The topological polar surface area (TPSA) is 54.9 Å². The number of benzene rings is 2. The van der Waals surface area contributed by atoms with Gasteiger partial charge in [-0.25, -0.2) is 0 Å². The standard InChI is InChI=1S/C23H21ClF3NO3/c24-17-8-4-3-7-14(17)19-20(30)15-9-10-18(29)16(13-28-11-5-1-2-6-12-28)21(15)31-22(19)23(25,26)27/h3-4,7-10,29H,1-2,5-6,11-13H2/p+1. The molecule has 0 unspecified atom stereocenters. The first-order valence-corrected chi connectivity index (χ1v) is 10.6. The Hall–Kier alpha value is -2.51. The number of hydrogen-bond acceptors (Lipinski definition) is 3. The number of aromatic hydroxyl groups is 1. The van der Waals surface area contributed by atoms with Gasteiger partial charge in [0.05, 0.1) is 29.6 Å². The van der Waals surface area contributed by atoms with Gasteiger partial charge in [-0.2, -0.15) is 13.2 Å². The summed E-state index contributed by atoms with van der Waals surface area (Å²) in [4.78, 5) is 14.4. The molecule has 0 aliphatic carbocycles. The van der Waals surface area contributed by atoms with Gasteiger partial charge in [0.25, 0.3) is 0 Å². The molecule has 0 amide bonds. The fourth-order valence-corrected chi connectivity index (χ4v) is 4.47. The van der Waals surface area contributed by atoms with E-state index in [4.69, 9.17) is 16.0 Å². The normalized spacial score (nSPS) is 15.9. The fourth-order valence-electron chi connectivity index (χ4n) is 4.24. The Morgan fingerprint density at radius 1 is 1.03 bits per heavy atom. The SMILES string of the molecule is O=c1c(-c2ccccc2Cl)c(C(F)(F)F)oc2c(C[NH+]3CCCCCC3)c(O)ccc12. The molecule has 2 N–H and O–H groups in total. The van der Waals surface area contributed by atoms with Crippen LogP contribution in [0.2, 0.25) is 5.02 Å². The lowest BCUT2D eigenvalue weighted by molar-refractivity contribution is -0.913. The van der Waals surface area contributed by atoms with Crippen molar-refractivity contribution in [3.8, 4) is 16.9 Å². The smallest absolute Gasteiger partial charge is 0.450 e. The van der Waals surface area contributed by atoms with E-state index < -0.39 is 22.9 Å². The fraction of sp³-hybridized carbons (Fsp3) is 0.348. The van der Waals surface area contributed by atoms with Crippen LogP contribution in [0, 0.1) is 0 Å². The second-order valence-electron chi connectivity index (χ2n) is 7.89. The Morgan fingerprint density at radius 2 is 1.71 bits per heavy atom. The zero-order valence-electron chi connectivity index (χ0n) is 16.7. The van der Waals surface area contributed by atoms with Crippen LogP contribution < -0.4 is 10.3 Å². The van der Waals surface area contributed by atoms with E-state index in [0.29, 0.717) is 0 Å². The van der Waals surface area contributed by atoms with Gasteiger partial charge in [-0.1, -0.05) is 29.8 Å². The van der Waals surface area contributed by atoms with Crippen LogP contribution in [0.3, 0.4) is 0 Å². The molecule has 0 radical (unpaired) electrons. The summed E-state index contributed by atoms with van der Waals surface area (Å²) in [6, 6.07) is 8.51. The maximum Gasteiger partial charge on any atom is 0.450 e. The van der Waals surface area contributed by atoms with Gasteiger partial charge in [-0.05, 0) is 43.9 Å². The molecule has 1 aliphatic heterocycles. The molecule has 0 saturated carbocycles. The number of nitrogens with one attached hydrogen (secondary N) is 1. The highest BCUT2D eigenvalue weighted by molar-refractivity contribution is 6.33. The summed E-state index contributed by atoms with van der Waals surface area (Å²) in [6.45, 7) is 1.99. The Kier molecular flexibility index (Phi) is 5.99. The summed E-state index contributed by atoms with van der Waals surface area (Å²) in [7, 11) is 0. The Balaban J connectivity index is 1.96. The molecule has 8 heteroatoms. The largest absolute Gasteiger partial charge is 0.507 e. The van der Waals surface area contributed by atoms with Crippen molar-refractivity contribution in [2.75, 3.05) is 13.1 Å². The van der Waals surface area contributed by atoms with Crippen molar-refractivity contribution in [2.24, 2.45) is 0 Å². The third kappa shape index (κ3) is 4.29. The summed E-state index contributed by atoms with van der Waals surface area (Å²) in [5.41, 5.74) is -1.48. The van der Waals surface area contributed by atoms with Crippen LogP contribution in [-0.4, -0.2) is 18.2 Å². The molecule has 4 rings (SSSR count). The van der Waals surface area contributed by atoms with E-state index in [-0.39, 0.29) is 39.4 Å². The molecule has 1 fully saturated rings. The molecule has 1 aliphatic rings. The summed E-state index contributed by atoms with van der Waals surface area (Å²) in [5.74, 6) is -1.58. The average Bonchev–Trinajstić information content (AvgIpc) is 2.99. The number of likely N-dealkylation sites (tertiary alicyclic amines) is 1. The summed E-state index contributed by atoms with van der Waals surface area (Å²) in [5, 5.41) is 10.5. The van der Waals surface area contributed by atoms with Gasteiger partial charge in [-0.15, -0.1) is 0 Å². The van der Waals surface area contributed by atoms with E-state index in [9.17, 15) is 23.1 Å². The second kappa shape index (κ2) is 8.55. The highest BCUT2D eigenvalue weighted by Crippen LogP contribution is 2.40. The van der Waals surface area contributed by atoms with Crippen molar-refractivity contribution in [1.82, 2.24) is 0 Å². The molecule has 0 atom stereocenters. The van der Waals surface area contributed by atoms with Gasteiger partial charge >= 0.3 is 6.18 Å². The van der Waals surface area contributed by atoms with Crippen molar-refractivity contribution in [2.45, 2.75) is 38.4 Å². The monoisotopic (exact) mass is 452 g/mol. The minimum atomic E-state index is -4.92.